The molecule has 0 aliphatic heterocycles. The quantitative estimate of drug-likeness (QED) is 0.797. The predicted molar refractivity (Wildman–Crippen MR) is 84.3 cm³/mol. The van der Waals surface area contributed by atoms with E-state index in [2.05, 4.69) is 10.1 Å². The van der Waals surface area contributed by atoms with Crippen molar-refractivity contribution in [1.29, 1.82) is 0 Å². The summed E-state index contributed by atoms with van der Waals surface area (Å²) in [5.41, 5.74) is 8.21. The maximum atomic E-state index is 11.5. The molecule has 0 saturated heterocycles. The molecule has 0 amide bonds. The fourth-order valence-electron chi connectivity index (χ4n) is 2.17. The predicted octanol–water partition coefficient (Wildman–Crippen LogP) is 1.92. The van der Waals surface area contributed by atoms with E-state index >= 15 is 0 Å². The molecule has 0 bridgehead atoms. The van der Waals surface area contributed by atoms with Crippen LogP contribution in [0.5, 0.6) is 0 Å². The molecule has 0 spiro atoms. The smallest absolute Gasteiger partial charge is 0.175 e. The fraction of sp³-hybridized carbons (Fsp3) is 0.0667. The first-order valence-electron chi connectivity index (χ1n) is 6.51. The molecule has 0 saturated carbocycles. The zero-order chi connectivity index (χ0) is 15.7. The van der Waals surface area contributed by atoms with Crippen LogP contribution in [0.2, 0.25) is 0 Å². The number of pyridine rings is 1. The maximum absolute atomic E-state index is 11.5. The summed E-state index contributed by atoms with van der Waals surface area (Å²) in [7, 11) is -3.21. The summed E-state index contributed by atoms with van der Waals surface area (Å²) < 4.78 is 24.7. The Balaban J connectivity index is 2.06. The number of aromatic nitrogens is 3. The average Bonchev–Trinajstić information content (AvgIpc) is 2.96. The van der Waals surface area contributed by atoms with Gasteiger partial charge in [0, 0.05) is 18.0 Å². The lowest BCUT2D eigenvalue weighted by atomic mass is 10.2. The summed E-state index contributed by atoms with van der Waals surface area (Å²) in [5.74, 6) is 0.428. The first-order valence-corrected chi connectivity index (χ1v) is 8.41. The number of hydrogen-bond donors (Lipinski definition) is 1. The number of anilines is 1. The van der Waals surface area contributed by atoms with E-state index in [0.29, 0.717) is 5.82 Å². The molecular weight excluding hydrogens is 300 g/mol. The van der Waals surface area contributed by atoms with Gasteiger partial charge in [0.15, 0.2) is 9.84 Å². The van der Waals surface area contributed by atoms with E-state index in [1.54, 1.807) is 47.4 Å². The standard InChI is InChI=1S/C15H14N4O2S/c1-22(20,21)13-4-2-12(3-5-13)19-14(7-9-18-19)11-6-8-17-15(16)10-11/h2-10H,1H3,(H2,16,17). The molecule has 0 fully saturated rings. The molecule has 0 atom stereocenters. The Morgan fingerprint density at radius 2 is 1.77 bits per heavy atom. The number of sulfone groups is 1. The van der Waals surface area contributed by atoms with Crippen LogP contribution in [0.15, 0.2) is 59.8 Å². The minimum absolute atomic E-state index is 0.276. The van der Waals surface area contributed by atoms with Crippen molar-refractivity contribution in [3.05, 3.63) is 54.9 Å². The van der Waals surface area contributed by atoms with E-state index < -0.39 is 9.84 Å². The third kappa shape index (κ3) is 2.71. The fourth-order valence-corrected chi connectivity index (χ4v) is 2.80. The van der Waals surface area contributed by atoms with Gasteiger partial charge in [-0.2, -0.15) is 5.10 Å². The molecule has 3 aromatic rings. The zero-order valence-corrected chi connectivity index (χ0v) is 12.7. The van der Waals surface area contributed by atoms with E-state index in [1.807, 2.05) is 12.1 Å². The Labute approximate surface area is 128 Å². The SMILES string of the molecule is CS(=O)(=O)c1ccc(-n2nccc2-c2ccnc(N)c2)cc1. The molecular formula is C15H14N4O2S. The normalized spacial score (nSPS) is 11.5. The van der Waals surface area contributed by atoms with Gasteiger partial charge in [-0.3, -0.25) is 0 Å². The minimum Gasteiger partial charge on any atom is -0.384 e. The number of benzene rings is 1. The van der Waals surface area contributed by atoms with E-state index in [0.717, 1.165) is 16.9 Å². The van der Waals surface area contributed by atoms with Crippen LogP contribution in [-0.4, -0.2) is 29.4 Å². The molecule has 0 aliphatic carbocycles. The molecule has 0 aliphatic rings. The Morgan fingerprint density at radius 3 is 2.41 bits per heavy atom. The Kier molecular flexibility index (Phi) is 3.42. The number of nitrogens with two attached hydrogens (primary N) is 1. The van der Waals surface area contributed by atoms with Crippen molar-refractivity contribution in [2.75, 3.05) is 12.0 Å². The average molecular weight is 314 g/mol. The van der Waals surface area contributed by atoms with Gasteiger partial charge in [0.1, 0.15) is 5.82 Å². The molecule has 2 heterocycles. The highest BCUT2D eigenvalue weighted by atomic mass is 32.2. The number of nitrogen functional groups attached to an aromatic ring is 1. The molecule has 0 radical (unpaired) electrons. The molecule has 2 N–H and O–H groups in total. The van der Waals surface area contributed by atoms with E-state index in [4.69, 9.17) is 5.73 Å². The van der Waals surface area contributed by atoms with Gasteiger partial charge in [0.05, 0.1) is 22.5 Å². The molecule has 2 aromatic heterocycles. The van der Waals surface area contributed by atoms with E-state index in [1.165, 1.54) is 6.26 Å². The van der Waals surface area contributed by atoms with Crippen LogP contribution < -0.4 is 5.73 Å². The second kappa shape index (κ2) is 5.27. The topological polar surface area (TPSA) is 90.9 Å². The van der Waals surface area contributed by atoms with Gasteiger partial charge in [-0.15, -0.1) is 0 Å². The summed E-state index contributed by atoms with van der Waals surface area (Å²) in [6, 6.07) is 12.0. The number of nitrogens with zero attached hydrogens (tertiary/aromatic N) is 3. The van der Waals surface area contributed by atoms with Crippen molar-refractivity contribution < 1.29 is 8.42 Å². The van der Waals surface area contributed by atoms with Crippen LogP contribution in [0.1, 0.15) is 0 Å². The lowest BCUT2D eigenvalue weighted by Gasteiger charge is -2.08. The van der Waals surface area contributed by atoms with Crippen molar-refractivity contribution in [2.24, 2.45) is 0 Å². The lowest BCUT2D eigenvalue weighted by Crippen LogP contribution is -2.01. The number of rotatable bonds is 3. The first-order chi connectivity index (χ1) is 10.4. The van der Waals surface area contributed by atoms with E-state index in [-0.39, 0.29) is 4.90 Å². The van der Waals surface area contributed by atoms with Crippen LogP contribution in [0.25, 0.3) is 16.9 Å². The highest BCUT2D eigenvalue weighted by Crippen LogP contribution is 2.23. The van der Waals surface area contributed by atoms with Crippen LogP contribution >= 0.6 is 0 Å². The summed E-state index contributed by atoms with van der Waals surface area (Å²) >= 11 is 0. The first kappa shape index (κ1) is 14.3. The zero-order valence-electron chi connectivity index (χ0n) is 11.8. The van der Waals surface area contributed by atoms with E-state index in [9.17, 15) is 8.42 Å². The maximum Gasteiger partial charge on any atom is 0.175 e. The van der Waals surface area contributed by atoms with Crippen molar-refractivity contribution in [1.82, 2.24) is 14.8 Å². The van der Waals surface area contributed by atoms with Gasteiger partial charge in [0.2, 0.25) is 0 Å². The van der Waals surface area contributed by atoms with Crippen molar-refractivity contribution in [3.63, 3.8) is 0 Å². The van der Waals surface area contributed by atoms with Crippen molar-refractivity contribution in [3.8, 4) is 16.9 Å². The van der Waals surface area contributed by atoms with Gasteiger partial charge in [-0.05, 0) is 42.5 Å². The number of hydrogen-bond acceptors (Lipinski definition) is 5. The van der Waals surface area contributed by atoms with Gasteiger partial charge in [-0.25, -0.2) is 18.1 Å². The summed E-state index contributed by atoms with van der Waals surface area (Å²) in [4.78, 5) is 4.25. The molecule has 7 heteroatoms. The second-order valence-corrected chi connectivity index (χ2v) is 6.88. The van der Waals surface area contributed by atoms with Gasteiger partial charge in [0.25, 0.3) is 0 Å². The monoisotopic (exact) mass is 314 g/mol. The van der Waals surface area contributed by atoms with Crippen molar-refractivity contribution >= 4 is 15.7 Å². The summed E-state index contributed by atoms with van der Waals surface area (Å²) in [6.07, 6.45) is 4.49. The Bertz CT molecular complexity index is 915. The highest BCUT2D eigenvalue weighted by Gasteiger charge is 2.10. The molecule has 0 unspecified atom stereocenters. The van der Waals surface area contributed by atoms with Crippen molar-refractivity contribution in [2.45, 2.75) is 4.90 Å². The summed E-state index contributed by atoms with van der Waals surface area (Å²) in [6.45, 7) is 0. The molecule has 112 valence electrons. The minimum atomic E-state index is -3.21. The van der Waals surface area contributed by atoms with Crippen LogP contribution in [0, 0.1) is 0 Å². The molecule has 3 rings (SSSR count). The molecule has 1 aromatic carbocycles. The Hall–Kier alpha value is -2.67. The van der Waals surface area contributed by atoms with Crippen LogP contribution in [0.4, 0.5) is 5.82 Å². The lowest BCUT2D eigenvalue weighted by molar-refractivity contribution is 0.602. The second-order valence-electron chi connectivity index (χ2n) is 4.86. The van der Waals surface area contributed by atoms with Gasteiger partial charge in [-0.1, -0.05) is 0 Å². The third-order valence-electron chi connectivity index (χ3n) is 3.23. The summed E-state index contributed by atoms with van der Waals surface area (Å²) in [5, 5.41) is 4.29. The molecule has 6 nitrogen and oxygen atoms in total. The highest BCUT2D eigenvalue weighted by molar-refractivity contribution is 7.90. The van der Waals surface area contributed by atoms with Gasteiger partial charge >= 0.3 is 0 Å². The third-order valence-corrected chi connectivity index (χ3v) is 4.36. The van der Waals surface area contributed by atoms with Crippen LogP contribution in [-0.2, 0) is 9.84 Å². The van der Waals surface area contributed by atoms with Crippen LogP contribution in [0.3, 0.4) is 0 Å². The Morgan fingerprint density at radius 1 is 1.05 bits per heavy atom. The van der Waals surface area contributed by atoms with Gasteiger partial charge < -0.3 is 5.73 Å². The largest absolute Gasteiger partial charge is 0.384 e. The molecule has 22 heavy (non-hydrogen) atoms.